The van der Waals surface area contributed by atoms with Gasteiger partial charge in [0.05, 0.1) is 12.6 Å². The fourth-order valence-corrected chi connectivity index (χ4v) is 3.55. The van der Waals surface area contributed by atoms with Gasteiger partial charge in [0, 0.05) is 51.2 Å². The molecule has 0 unspecified atom stereocenters. The molecule has 0 saturated carbocycles. The van der Waals surface area contributed by atoms with E-state index in [0.29, 0.717) is 13.0 Å². The number of hydrogen-bond donors (Lipinski definition) is 1. The Labute approximate surface area is 164 Å². The van der Waals surface area contributed by atoms with Crippen molar-refractivity contribution in [2.24, 2.45) is 0 Å². The number of benzene rings is 1. The maximum absolute atomic E-state index is 12.0. The molecule has 1 aliphatic rings. The number of aromatic nitrogens is 3. The van der Waals surface area contributed by atoms with Gasteiger partial charge >= 0.3 is 0 Å². The fourth-order valence-electron chi connectivity index (χ4n) is 3.33. The molecule has 0 radical (unpaired) electrons. The van der Waals surface area contributed by atoms with E-state index in [4.69, 9.17) is 16.3 Å². The van der Waals surface area contributed by atoms with Crippen molar-refractivity contribution in [2.75, 3.05) is 26.8 Å². The van der Waals surface area contributed by atoms with Gasteiger partial charge in [-0.15, -0.1) is 10.2 Å². The number of carbonyl (C=O) groups excluding carboxylic acids is 1. The van der Waals surface area contributed by atoms with Crippen LogP contribution in [0.5, 0.6) is 0 Å². The summed E-state index contributed by atoms with van der Waals surface area (Å²) in [6.07, 6.45) is 1.17. The quantitative estimate of drug-likeness (QED) is 0.783. The molecule has 8 heteroatoms. The third kappa shape index (κ3) is 5.28. The molecule has 0 fully saturated rings. The Morgan fingerprint density at radius 3 is 2.96 bits per heavy atom. The number of nitrogens with zero attached hydrogens (tertiary/aromatic N) is 4. The molecule has 0 bridgehead atoms. The van der Waals surface area contributed by atoms with Crippen LogP contribution >= 0.6 is 11.6 Å². The molecule has 2 aromatic rings. The molecule has 1 aromatic heterocycles. The molecular weight excluding hydrogens is 366 g/mol. The summed E-state index contributed by atoms with van der Waals surface area (Å²) >= 11 is 6.10. The van der Waals surface area contributed by atoms with Gasteiger partial charge in [0.1, 0.15) is 5.82 Å². The Hall–Kier alpha value is -1.96. The maximum Gasteiger partial charge on any atom is 0.222 e. The number of halogens is 1. The predicted molar refractivity (Wildman–Crippen MR) is 104 cm³/mol. The number of ether oxygens (including phenoxy) is 1. The van der Waals surface area contributed by atoms with Crippen molar-refractivity contribution in [1.82, 2.24) is 25.0 Å². The van der Waals surface area contributed by atoms with E-state index in [1.54, 1.807) is 7.11 Å². The molecular formula is C19H26ClN5O2. The lowest BCUT2D eigenvalue weighted by Gasteiger charge is -2.20. The van der Waals surface area contributed by atoms with Crippen LogP contribution in [0.2, 0.25) is 5.02 Å². The molecule has 1 amide bonds. The Kier molecular flexibility index (Phi) is 6.82. The molecule has 1 aromatic carbocycles. The molecule has 7 nitrogen and oxygen atoms in total. The third-order valence-electron chi connectivity index (χ3n) is 4.74. The summed E-state index contributed by atoms with van der Waals surface area (Å²) in [6, 6.07) is 7.80. The van der Waals surface area contributed by atoms with Crippen LogP contribution < -0.4 is 5.32 Å². The molecule has 1 N–H and O–H groups in total. The topological polar surface area (TPSA) is 72.3 Å². The summed E-state index contributed by atoms with van der Waals surface area (Å²) in [5.41, 5.74) is 1.21. The molecule has 1 atom stereocenters. The van der Waals surface area contributed by atoms with Gasteiger partial charge in [-0.1, -0.05) is 23.7 Å². The average molecular weight is 392 g/mol. The van der Waals surface area contributed by atoms with Crippen LogP contribution in [0, 0.1) is 0 Å². The smallest absolute Gasteiger partial charge is 0.222 e. The van der Waals surface area contributed by atoms with E-state index in [-0.39, 0.29) is 11.9 Å². The highest BCUT2D eigenvalue weighted by Crippen LogP contribution is 2.18. The minimum atomic E-state index is -0.185. The van der Waals surface area contributed by atoms with E-state index < -0.39 is 0 Å². The van der Waals surface area contributed by atoms with Crippen molar-refractivity contribution in [1.29, 1.82) is 0 Å². The van der Waals surface area contributed by atoms with Crippen LogP contribution in [-0.2, 0) is 29.0 Å². The standard InChI is InChI=1S/C19H26ClN5O2/c1-14(21-18(26)7-11-27-2)19-23-22-17-6-8-24(9-10-25(17)19)13-15-4-3-5-16(20)12-15/h3-5,12,14H,6-11,13H2,1-2H3,(H,21,26)/t14-/m0/s1. The van der Waals surface area contributed by atoms with Gasteiger partial charge in [-0.2, -0.15) is 0 Å². The van der Waals surface area contributed by atoms with Crippen LogP contribution in [0.15, 0.2) is 24.3 Å². The van der Waals surface area contributed by atoms with Crippen molar-refractivity contribution in [3.05, 3.63) is 46.5 Å². The zero-order valence-electron chi connectivity index (χ0n) is 15.8. The number of methoxy groups -OCH3 is 1. The zero-order valence-corrected chi connectivity index (χ0v) is 16.6. The highest BCUT2D eigenvalue weighted by atomic mass is 35.5. The lowest BCUT2D eigenvalue weighted by Crippen LogP contribution is -2.30. The van der Waals surface area contributed by atoms with Crippen molar-refractivity contribution < 1.29 is 9.53 Å². The first-order chi connectivity index (χ1) is 13.1. The second-order valence-corrected chi connectivity index (χ2v) is 7.25. The lowest BCUT2D eigenvalue weighted by molar-refractivity contribution is -0.122. The third-order valence-corrected chi connectivity index (χ3v) is 4.98. The molecule has 146 valence electrons. The summed E-state index contributed by atoms with van der Waals surface area (Å²) < 4.78 is 7.09. The lowest BCUT2D eigenvalue weighted by atomic mass is 10.2. The first kappa shape index (κ1) is 19.8. The van der Waals surface area contributed by atoms with Crippen LogP contribution in [0.4, 0.5) is 0 Å². The molecule has 2 heterocycles. The molecule has 1 aliphatic heterocycles. The Bertz CT molecular complexity index is 779. The number of amides is 1. The van der Waals surface area contributed by atoms with Crippen molar-refractivity contribution in [3.8, 4) is 0 Å². The summed E-state index contributed by atoms with van der Waals surface area (Å²) in [5.74, 6) is 1.73. The molecule has 3 rings (SSSR count). The van der Waals surface area contributed by atoms with E-state index in [1.807, 2.05) is 25.1 Å². The Morgan fingerprint density at radius 2 is 2.19 bits per heavy atom. The number of nitrogens with one attached hydrogen (secondary N) is 1. The van der Waals surface area contributed by atoms with Crippen LogP contribution in [0.3, 0.4) is 0 Å². The highest BCUT2D eigenvalue weighted by molar-refractivity contribution is 6.30. The van der Waals surface area contributed by atoms with E-state index in [1.165, 1.54) is 5.56 Å². The molecule has 0 saturated heterocycles. The first-order valence-corrected chi connectivity index (χ1v) is 9.61. The Morgan fingerprint density at radius 1 is 1.33 bits per heavy atom. The van der Waals surface area contributed by atoms with Gasteiger partial charge in [0.15, 0.2) is 5.82 Å². The van der Waals surface area contributed by atoms with Gasteiger partial charge in [0.25, 0.3) is 0 Å². The second kappa shape index (κ2) is 9.30. The largest absolute Gasteiger partial charge is 0.384 e. The van der Waals surface area contributed by atoms with Gasteiger partial charge in [-0.05, 0) is 24.6 Å². The van der Waals surface area contributed by atoms with Crippen LogP contribution in [0.1, 0.15) is 36.6 Å². The summed E-state index contributed by atoms with van der Waals surface area (Å²) in [7, 11) is 1.59. The maximum atomic E-state index is 12.0. The number of rotatable bonds is 7. The first-order valence-electron chi connectivity index (χ1n) is 9.24. The van der Waals surface area contributed by atoms with Gasteiger partial charge < -0.3 is 14.6 Å². The van der Waals surface area contributed by atoms with Crippen molar-refractivity contribution in [3.63, 3.8) is 0 Å². The number of hydrogen-bond acceptors (Lipinski definition) is 5. The monoisotopic (exact) mass is 391 g/mol. The van der Waals surface area contributed by atoms with E-state index in [9.17, 15) is 4.79 Å². The predicted octanol–water partition coefficient (Wildman–Crippen LogP) is 2.20. The molecule has 27 heavy (non-hydrogen) atoms. The van der Waals surface area contributed by atoms with E-state index in [0.717, 1.165) is 49.3 Å². The Balaban J connectivity index is 1.62. The van der Waals surface area contributed by atoms with Crippen molar-refractivity contribution >= 4 is 17.5 Å². The van der Waals surface area contributed by atoms with Gasteiger partial charge in [-0.3, -0.25) is 9.69 Å². The highest BCUT2D eigenvalue weighted by Gasteiger charge is 2.22. The average Bonchev–Trinajstić information content (AvgIpc) is 2.95. The van der Waals surface area contributed by atoms with Gasteiger partial charge in [0.2, 0.25) is 5.91 Å². The minimum Gasteiger partial charge on any atom is -0.384 e. The van der Waals surface area contributed by atoms with E-state index in [2.05, 4.69) is 31.0 Å². The number of fused-ring (bicyclic) bond motifs is 1. The second-order valence-electron chi connectivity index (χ2n) is 6.81. The summed E-state index contributed by atoms with van der Waals surface area (Å²) in [5, 5.41) is 12.4. The zero-order chi connectivity index (χ0) is 19.2. The van der Waals surface area contributed by atoms with Gasteiger partial charge in [-0.25, -0.2) is 0 Å². The summed E-state index contributed by atoms with van der Waals surface area (Å²) in [6.45, 7) is 5.83. The van der Waals surface area contributed by atoms with Crippen LogP contribution in [0.25, 0.3) is 0 Å². The SMILES string of the molecule is COCCC(=O)N[C@@H](C)c1nnc2n1CCN(Cc1cccc(Cl)c1)CC2. The van der Waals surface area contributed by atoms with Crippen molar-refractivity contribution in [2.45, 2.75) is 38.9 Å². The number of carbonyl (C=O) groups is 1. The summed E-state index contributed by atoms with van der Waals surface area (Å²) in [4.78, 5) is 14.4. The van der Waals surface area contributed by atoms with Crippen LogP contribution in [-0.4, -0.2) is 52.4 Å². The fraction of sp³-hybridized carbons (Fsp3) is 0.526. The molecule has 0 spiro atoms. The molecule has 0 aliphatic carbocycles. The normalized spacial score (nSPS) is 15.8. The van der Waals surface area contributed by atoms with E-state index >= 15 is 0 Å². The minimum absolute atomic E-state index is 0.0436.